The molecule has 4 aromatic rings. The highest BCUT2D eigenvalue weighted by atomic mass is 16.5. The van der Waals surface area contributed by atoms with Gasteiger partial charge >= 0.3 is 0 Å². The average molecular weight is 365 g/mol. The van der Waals surface area contributed by atoms with Crippen molar-refractivity contribution in [1.82, 2.24) is 19.6 Å². The Morgan fingerprint density at radius 1 is 0.926 bits per heavy atom. The number of para-hydroxylation sites is 1. The van der Waals surface area contributed by atoms with Crippen LogP contribution in [-0.4, -0.2) is 40.9 Å². The number of nitrogens with one attached hydrogen (secondary N) is 1. The second kappa shape index (κ2) is 6.64. The molecule has 4 rings (SSSR count). The molecule has 0 aliphatic rings. The second-order valence-electron chi connectivity index (χ2n) is 5.90. The number of aromatic nitrogens is 4. The quantitative estimate of drug-likeness (QED) is 0.581. The lowest BCUT2D eigenvalue weighted by Gasteiger charge is -2.15. The molecule has 0 unspecified atom stereocenters. The molecule has 2 heterocycles. The maximum Gasteiger partial charge on any atom is 0.215 e. The molecule has 0 fully saturated rings. The molecule has 138 valence electrons. The predicted molar refractivity (Wildman–Crippen MR) is 102 cm³/mol. The van der Waals surface area contributed by atoms with Crippen LogP contribution in [0.2, 0.25) is 0 Å². The summed E-state index contributed by atoms with van der Waals surface area (Å²) in [6, 6.07) is 11.5. The van der Waals surface area contributed by atoms with Gasteiger partial charge in [0.2, 0.25) is 11.7 Å². The lowest BCUT2D eigenvalue weighted by atomic mass is 10.2. The summed E-state index contributed by atoms with van der Waals surface area (Å²) >= 11 is 0. The molecule has 0 aliphatic carbocycles. The summed E-state index contributed by atoms with van der Waals surface area (Å²) in [4.78, 5) is 4.74. The summed E-state index contributed by atoms with van der Waals surface area (Å²) in [5, 5.41) is 12.8. The summed E-state index contributed by atoms with van der Waals surface area (Å²) in [6.07, 6.45) is 0. The van der Waals surface area contributed by atoms with E-state index in [2.05, 4.69) is 15.5 Å². The van der Waals surface area contributed by atoms with Crippen LogP contribution in [0.4, 0.5) is 11.6 Å². The van der Waals surface area contributed by atoms with Crippen molar-refractivity contribution in [2.24, 2.45) is 0 Å². The van der Waals surface area contributed by atoms with Gasteiger partial charge in [0, 0.05) is 23.2 Å². The van der Waals surface area contributed by atoms with Crippen LogP contribution in [0.5, 0.6) is 17.2 Å². The van der Waals surface area contributed by atoms with Crippen molar-refractivity contribution in [2.75, 3.05) is 26.6 Å². The predicted octanol–water partition coefficient (Wildman–Crippen LogP) is 3.36. The van der Waals surface area contributed by atoms with Crippen LogP contribution in [-0.2, 0) is 0 Å². The molecule has 2 aromatic carbocycles. The molecule has 0 radical (unpaired) electrons. The number of ether oxygens (including phenoxy) is 3. The number of hydrogen-bond donors (Lipinski definition) is 1. The minimum absolute atomic E-state index is 0.530. The van der Waals surface area contributed by atoms with Gasteiger partial charge in [-0.2, -0.15) is 0 Å². The van der Waals surface area contributed by atoms with E-state index < -0.39 is 0 Å². The molecule has 0 atom stereocenters. The molecular formula is C19H19N5O3. The second-order valence-corrected chi connectivity index (χ2v) is 5.90. The highest BCUT2D eigenvalue weighted by Gasteiger charge is 2.16. The van der Waals surface area contributed by atoms with Crippen molar-refractivity contribution < 1.29 is 14.2 Å². The SMILES string of the molecule is COc1cc(Nc2nc3ccccc3c3nnc(C)n23)cc(OC)c1OC. The van der Waals surface area contributed by atoms with E-state index in [4.69, 9.17) is 19.2 Å². The summed E-state index contributed by atoms with van der Waals surface area (Å²) in [5.41, 5.74) is 2.31. The Hall–Kier alpha value is -3.55. The van der Waals surface area contributed by atoms with Crippen LogP contribution in [0.25, 0.3) is 16.6 Å². The van der Waals surface area contributed by atoms with Gasteiger partial charge in [-0.15, -0.1) is 10.2 Å². The topological polar surface area (TPSA) is 82.8 Å². The van der Waals surface area contributed by atoms with E-state index in [0.717, 1.165) is 28.1 Å². The first-order chi connectivity index (χ1) is 13.2. The van der Waals surface area contributed by atoms with E-state index in [0.29, 0.717) is 23.2 Å². The Morgan fingerprint density at radius 2 is 1.63 bits per heavy atom. The minimum Gasteiger partial charge on any atom is -0.493 e. The standard InChI is InChI=1S/C19H19N5O3/c1-11-22-23-18-13-7-5-6-8-14(13)21-19(24(11)18)20-12-9-15(25-2)17(27-4)16(10-12)26-3/h5-10H,1-4H3,(H,20,21). The lowest BCUT2D eigenvalue weighted by Crippen LogP contribution is -2.05. The monoisotopic (exact) mass is 365 g/mol. The molecule has 0 amide bonds. The van der Waals surface area contributed by atoms with Gasteiger partial charge in [-0.1, -0.05) is 12.1 Å². The van der Waals surface area contributed by atoms with Gasteiger partial charge < -0.3 is 19.5 Å². The number of aryl methyl sites for hydroxylation is 1. The van der Waals surface area contributed by atoms with E-state index in [9.17, 15) is 0 Å². The van der Waals surface area contributed by atoms with Crippen molar-refractivity contribution in [3.8, 4) is 17.2 Å². The number of benzene rings is 2. The Bertz CT molecular complexity index is 1110. The molecule has 0 aliphatic heterocycles. The molecule has 2 aromatic heterocycles. The first-order valence-electron chi connectivity index (χ1n) is 8.33. The number of hydrogen-bond acceptors (Lipinski definition) is 7. The number of fused-ring (bicyclic) bond motifs is 3. The van der Waals surface area contributed by atoms with E-state index in [-0.39, 0.29) is 0 Å². The van der Waals surface area contributed by atoms with Crippen LogP contribution in [0.3, 0.4) is 0 Å². The van der Waals surface area contributed by atoms with E-state index >= 15 is 0 Å². The molecular weight excluding hydrogens is 346 g/mol. The van der Waals surface area contributed by atoms with Crippen molar-refractivity contribution >= 4 is 28.2 Å². The Balaban J connectivity index is 1.89. The maximum atomic E-state index is 5.43. The summed E-state index contributed by atoms with van der Waals surface area (Å²) < 4.78 is 18.1. The largest absolute Gasteiger partial charge is 0.493 e. The summed E-state index contributed by atoms with van der Waals surface area (Å²) in [5.74, 6) is 2.97. The molecule has 8 heteroatoms. The summed E-state index contributed by atoms with van der Waals surface area (Å²) in [6.45, 7) is 1.89. The zero-order valence-corrected chi connectivity index (χ0v) is 15.5. The Kier molecular flexibility index (Phi) is 4.15. The van der Waals surface area contributed by atoms with Gasteiger partial charge in [0.15, 0.2) is 17.1 Å². The molecule has 8 nitrogen and oxygen atoms in total. The van der Waals surface area contributed by atoms with Crippen molar-refractivity contribution in [2.45, 2.75) is 6.92 Å². The number of anilines is 2. The van der Waals surface area contributed by atoms with Crippen LogP contribution in [0.1, 0.15) is 5.82 Å². The minimum atomic E-state index is 0.530. The fraction of sp³-hybridized carbons (Fsp3) is 0.211. The van der Waals surface area contributed by atoms with Gasteiger partial charge in [-0.3, -0.25) is 0 Å². The molecule has 0 saturated heterocycles. The number of rotatable bonds is 5. The highest BCUT2D eigenvalue weighted by Crippen LogP contribution is 2.40. The fourth-order valence-corrected chi connectivity index (χ4v) is 3.08. The van der Waals surface area contributed by atoms with Crippen molar-refractivity contribution in [3.63, 3.8) is 0 Å². The first kappa shape index (κ1) is 16.9. The van der Waals surface area contributed by atoms with Gasteiger partial charge in [-0.25, -0.2) is 9.38 Å². The average Bonchev–Trinajstić information content (AvgIpc) is 3.09. The van der Waals surface area contributed by atoms with Crippen molar-refractivity contribution in [3.05, 3.63) is 42.2 Å². The Morgan fingerprint density at radius 3 is 2.30 bits per heavy atom. The third-order valence-electron chi connectivity index (χ3n) is 4.33. The first-order valence-corrected chi connectivity index (χ1v) is 8.33. The lowest BCUT2D eigenvalue weighted by molar-refractivity contribution is 0.324. The number of methoxy groups -OCH3 is 3. The van der Waals surface area contributed by atoms with E-state index in [1.165, 1.54) is 0 Å². The van der Waals surface area contributed by atoms with Gasteiger partial charge in [0.1, 0.15) is 5.82 Å². The maximum absolute atomic E-state index is 5.43. The Labute approximate surface area is 155 Å². The van der Waals surface area contributed by atoms with Crippen LogP contribution < -0.4 is 19.5 Å². The molecule has 0 bridgehead atoms. The van der Waals surface area contributed by atoms with Gasteiger partial charge in [0.25, 0.3) is 0 Å². The van der Waals surface area contributed by atoms with E-state index in [1.807, 2.05) is 47.7 Å². The summed E-state index contributed by atoms with van der Waals surface area (Å²) in [7, 11) is 4.73. The molecule has 0 saturated carbocycles. The van der Waals surface area contributed by atoms with Crippen molar-refractivity contribution in [1.29, 1.82) is 0 Å². The molecule has 1 N–H and O–H groups in total. The molecule has 0 spiro atoms. The normalized spacial score (nSPS) is 11.0. The smallest absolute Gasteiger partial charge is 0.215 e. The van der Waals surface area contributed by atoms with Crippen LogP contribution in [0.15, 0.2) is 36.4 Å². The van der Waals surface area contributed by atoms with Crippen LogP contribution >= 0.6 is 0 Å². The van der Waals surface area contributed by atoms with Crippen LogP contribution in [0, 0.1) is 6.92 Å². The third kappa shape index (κ3) is 2.75. The van der Waals surface area contributed by atoms with Gasteiger partial charge in [-0.05, 0) is 19.1 Å². The molecule has 27 heavy (non-hydrogen) atoms. The third-order valence-corrected chi connectivity index (χ3v) is 4.33. The zero-order valence-electron chi connectivity index (χ0n) is 15.5. The van der Waals surface area contributed by atoms with Gasteiger partial charge in [0.05, 0.1) is 26.8 Å². The highest BCUT2D eigenvalue weighted by molar-refractivity contribution is 5.92. The zero-order chi connectivity index (χ0) is 19.0. The number of nitrogens with zero attached hydrogens (tertiary/aromatic N) is 4. The van der Waals surface area contributed by atoms with E-state index in [1.54, 1.807) is 21.3 Å². The fourth-order valence-electron chi connectivity index (χ4n) is 3.08.